The molecule has 3 unspecified atom stereocenters. The number of aliphatic hydroxyl groups is 1. The molecule has 1 aromatic carbocycles. The maximum Gasteiger partial charge on any atom is 0.268 e. The number of hydrogen-bond donors (Lipinski definition) is 2. The summed E-state index contributed by atoms with van der Waals surface area (Å²) in [6.07, 6.45) is 2.51. The van der Waals surface area contributed by atoms with Crippen molar-refractivity contribution in [1.29, 1.82) is 0 Å². The minimum Gasteiger partial charge on any atom is -0.372 e. The molecule has 0 spiro atoms. The quantitative estimate of drug-likeness (QED) is 0.425. The van der Waals surface area contributed by atoms with E-state index in [1.54, 1.807) is 36.4 Å². The minimum absolute atomic E-state index is 0.0153. The lowest BCUT2D eigenvalue weighted by Crippen LogP contribution is -2.54. The first-order valence-electron chi connectivity index (χ1n) is 8.36. The molecule has 2 aliphatic rings. The van der Waals surface area contributed by atoms with Crippen LogP contribution in [0.15, 0.2) is 40.9 Å². The Morgan fingerprint density at radius 1 is 1.42 bits per heavy atom. The maximum absolute atomic E-state index is 14.1. The van der Waals surface area contributed by atoms with E-state index in [0.29, 0.717) is 12.1 Å². The van der Waals surface area contributed by atoms with E-state index in [0.717, 1.165) is 4.47 Å². The molecule has 1 aromatic rings. The molecule has 5 nitrogen and oxygen atoms in total. The predicted molar refractivity (Wildman–Crippen MR) is 101 cm³/mol. The third-order valence-electron chi connectivity index (χ3n) is 4.85. The standard InChI is InChI=1S/C18H19BrClFN2O3/c19-12-4-6-13(7-5-12)23-9-8-18(26,17(23)25)16(24)22-10-11-2-1-3-14(20)15(11)21/h1,3-7,11,14-15,26H,2,8-10H2,(H,22,24)/t11?,14?,15?,18-/m1/s1. The van der Waals surface area contributed by atoms with Crippen molar-refractivity contribution in [2.24, 2.45) is 5.92 Å². The summed E-state index contributed by atoms with van der Waals surface area (Å²) in [6, 6.07) is 7.02. The van der Waals surface area contributed by atoms with Crippen LogP contribution in [0.3, 0.4) is 0 Å². The molecule has 1 aliphatic carbocycles. The number of halogens is 3. The Balaban J connectivity index is 1.64. The summed E-state index contributed by atoms with van der Waals surface area (Å²) in [5.74, 6) is -1.95. The van der Waals surface area contributed by atoms with Gasteiger partial charge in [0.05, 0.1) is 5.38 Å². The fraction of sp³-hybridized carbons (Fsp3) is 0.444. The molecule has 0 aromatic heterocycles. The van der Waals surface area contributed by atoms with Gasteiger partial charge in [-0.25, -0.2) is 4.39 Å². The molecule has 140 valence electrons. The zero-order chi connectivity index (χ0) is 18.9. The van der Waals surface area contributed by atoms with Gasteiger partial charge in [-0.2, -0.15) is 0 Å². The lowest BCUT2D eigenvalue weighted by molar-refractivity contribution is -0.149. The van der Waals surface area contributed by atoms with Crippen LogP contribution in [-0.2, 0) is 9.59 Å². The van der Waals surface area contributed by atoms with Crippen molar-refractivity contribution in [1.82, 2.24) is 5.32 Å². The van der Waals surface area contributed by atoms with E-state index in [-0.39, 0.29) is 19.5 Å². The Labute approximate surface area is 164 Å². The number of nitrogens with one attached hydrogen (secondary N) is 1. The molecule has 0 bridgehead atoms. The highest BCUT2D eigenvalue weighted by Gasteiger charge is 2.51. The van der Waals surface area contributed by atoms with Crippen LogP contribution >= 0.6 is 27.5 Å². The van der Waals surface area contributed by atoms with E-state index in [9.17, 15) is 19.1 Å². The van der Waals surface area contributed by atoms with Crippen LogP contribution in [0.25, 0.3) is 0 Å². The molecule has 26 heavy (non-hydrogen) atoms. The highest BCUT2D eigenvalue weighted by molar-refractivity contribution is 9.10. The van der Waals surface area contributed by atoms with Crippen LogP contribution < -0.4 is 10.2 Å². The number of carbonyl (C=O) groups is 2. The van der Waals surface area contributed by atoms with Gasteiger partial charge in [0.25, 0.3) is 11.8 Å². The summed E-state index contributed by atoms with van der Waals surface area (Å²) in [5, 5.41) is 12.4. The van der Waals surface area contributed by atoms with Crippen LogP contribution in [0.2, 0.25) is 0 Å². The normalized spacial score (nSPS) is 31.3. The Bertz CT molecular complexity index is 730. The topological polar surface area (TPSA) is 69.6 Å². The Morgan fingerprint density at radius 3 is 2.81 bits per heavy atom. The number of rotatable bonds is 4. The summed E-state index contributed by atoms with van der Waals surface area (Å²) >= 11 is 9.19. The van der Waals surface area contributed by atoms with Crippen molar-refractivity contribution in [2.75, 3.05) is 18.0 Å². The average molecular weight is 446 g/mol. The molecular formula is C18H19BrClFN2O3. The smallest absolute Gasteiger partial charge is 0.268 e. The van der Waals surface area contributed by atoms with Gasteiger partial charge in [0.15, 0.2) is 0 Å². The highest BCUT2D eigenvalue weighted by atomic mass is 79.9. The molecule has 2 N–H and O–H groups in total. The number of nitrogens with zero attached hydrogens (tertiary/aromatic N) is 1. The molecule has 1 fully saturated rings. The van der Waals surface area contributed by atoms with Crippen LogP contribution in [0.4, 0.5) is 10.1 Å². The SMILES string of the molecule is O=C(NCC1CC=CC(Cl)C1F)[C@]1(O)CCN(c2ccc(Br)cc2)C1=O. The van der Waals surface area contributed by atoms with Crippen molar-refractivity contribution in [3.63, 3.8) is 0 Å². The average Bonchev–Trinajstić information content (AvgIpc) is 2.93. The van der Waals surface area contributed by atoms with Gasteiger partial charge >= 0.3 is 0 Å². The molecule has 1 saturated heterocycles. The van der Waals surface area contributed by atoms with Crippen LogP contribution in [-0.4, -0.2) is 47.2 Å². The number of amides is 2. The lowest BCUT2D eigenvalue weighted by atomic mass is 9.91. The predicted octanol–water partition coefficient (Wildman–Crippen LogP) is 2.55. The van der Waals surface area contributed by atoms with E-state index in [1.807, 2.05) is 0 Å². The lowest BCUT2D eigenvalue weighted by Gasteiger charge is -2.27. The third-order valence-corrected chi connectivity index (χ3v) is 5.76. The molecule has 2 amide bonds. The summed E-state index contributed by atoms with van der Waals surface area (Å²) in [6.45, 7) is 0.244. The number of alkyl halides is 2. The molecule has 1 heterocycles. The van der Waals surface area contributed by atoms with Gasteiger partial charge in [-0.05, 0) is 30.7 Å². The largest absolute Gasteiger partial charge is 0.372 e. The zero-order valence-electron chi connectivity index (χ0n) is 13.9. The maximum atomic E-state index is 14.1. The first-order valence-corrected chi connectivity index (χ1v) is 9.59. The van der Waals surface area contributed by atoms with Crippen LogP contribution in [0, 0.1) is 5.92 Å². The second-order valence-electron chi connectivity index (χ2n) is 6.57. The summed E-state index contributed by atoms with van der Waals surface area (Å²) in [7, 11) is 0. The monoisotopic (exact) mass is 444 g/mol. The first-order chi connectivity index (χ1) is 12.3. The summed E-state index contributed by atoms with van der Waals surface area (Å²) < 4.78 is 14.9. The molecule has 4 atom stereocenters. The third kappa shape index (κ3) is 3.66. The van der Waals surface area contributed by atoms with E-state index < -0.39 is 34.9 Å². The number of allylic oxidation sites excluding steroid dienone is 2. The van der Waals surface area contributed by atoms with E-state index >= 15 is 0 Å². The molecule has 0 radical (unpaired) electrons. The number of benzene rings is 1. The van der Waals surface area contributed by atoms with Crippen molar-refractivity contribution in [3.8, 4) is 0 Å². The second kappa shape index (κ2) is 7.66. The molecule has 8 heteroatoms. The number of carbonyl (C=O) groups excluding carboxylic acids is 2. The van der Waals surface area contributed by atoms with Gasteiger partial charge in [-0.1, -0.05) is 28.1 Å². The molecule has 3 rings (SSSR count). The van der Waals surface area contributed by atoms with E-state index in [1.165, 1.54) is 4.90 Å². The van der Waals surface area contributed by atoms with Crippen molar-refractivity contribution >= 4 is 45.0 Å². The fourth-order valence-corrected chi connectivity index (χ4v) is 3.80. The fourth-order valence-electron chi connectivity index (χ4n) is 3.23. The molecule has 1 aliphatic heterocycles. The van der Waals surface area contributed by atoms with Gasteiger partial charge < -0.3 is 15.3 Å². The number of anilines is 1. The Hall–Kier alpha value is -1.44. The van der Waals surface area contributed by atoms with Crippen molar-refractivity contribution in [2.45, 2.75) is 30.0 Å². The minimum atomic E-state index is -2.14. The van der Waals surface area contributed by atoms with Crippen molar-refractivity contribution in [3.05, 3.63) is 40.9 Å². The van der Waals surface area contributed by atoms with Crippen molar-refractivity contribution < 1.29 is 19.1 Å². The van der Waals surface area contributed by atoms with E-state index in [4.69, 9.17) is 11.6 Å². The second-order valence-corrected chi connectivity index (χ2v) is 7.99. The molecular weight excluding hydrogens is 427 g/mol. The van der Waals surface area contributed by atoms with Gasteiger partial charge in [0.2, 0.25) is 5.60 Å². The highest BCUT2D eigenvalue weighted by Crippen LogP contribution is 2.30. The number of hydrogen-bond acceptors (Lipinski definition) is 3. The van der Waals surface area contributed by atoms with Crippen LogP contribution in [0.1, 0.15) is 12.8 Å². The van der Waals surface area contributed by atoms with Gasteiger partial charge in [0.1, 0.15) is 6.17 Å². The summed E-state index contributed by atoms with van der Waals surface area (Å²) in [5.41, 5.74) is -1.53. The van der Waals surface area contributed by atoms with Gasteiger partial charge in [-0.15, -0.1) is 11.6 Å². The molecule has 0 saturated carbocycles. The zero-order valence-corrected chi connectivity index (χ0v) is 16.2. The Morgan fingerprint density at radius 2 is 2.12 bits per heavy atom. The van der Waals surface area contributed by atoms with Gasteiger partial charge in [-0.3, -0.25) is 9.59 Å². The van der Waals surface area contributed by atoms with Crippen LogP contribution in [0.5, 0.6) is 0 Å². The Kier molecular flexibility index (Phi) is 5.69. The van der Waals surface area contributed by atoms with Gasteiger partial charge in [0, 0.05) is 35.6 Å². The van der Waals surface area contributed by atoms with E-state index in [2.05, 4.69) is 21.2 Å². The summed E-state index contributed by atoms with van der Waals surface area (Å²) in [4.78, 5) is 26.4. The first kappa shape index (κ1) is 19.3.